The van der Waals surface area contributed by atoms with Gasteiger partial charge in [0.25, 0.3) is 0 Å². The molecule has 18 heavy (non-hydrogen) atoms. The van der Waals surface area contributed by atoms with Crippen molar-refractivity contribution in [3.05, 3.63) is 50.9 Å². The fourth-order valence-electron chi connectivity index (χ4n) is 1.35. The van der Waals surface area contributed by atoms with E-state index in [0.717, 1.165) is 33.4 Å². The molecule has 0 radical (unpaired) electrons. The van der Waals surface area contributed by atoms with Crippen molar-refractivity contribution in [1.29, 1.82) is 0 Å². The lowest BCUT2D eigenvalue weighted by Crippen LogP contribution is -1.95. The number of hydrogen-bond donors (Lipinski definition) is 1. The number of carbonyl (C=O) groups is 1. The minimum Gasteiger partial charge on any atom is -0.476 e. The molecular weight excluding hydrogens is 290 g/mol. The molecule has 0 atom stereocenters. The third kappa shape index (κ3) is 3.48. The van der Waals surface area contributed by atoms with Crippen LogP contribution in [0.25, 0.3) is 0 Å². The Balaban J connectivity index is 1.88. The Morgan fingerprint density at radius 3 is 2.83 bits per heavy atom. The van der Waals surface area contributed by atoms with E-state index in [-0.39, 0.29) is 5.01 Å². The van der Waals surface area contributed by atoms with E-state index < -0.39 is 5.97 Å². The summed E-state index contributed by atoms with van der Waals surface area (Å²) in [5, 5.41) is 11.4. The molecule has 94 valence electrons. The van der Waals surface area contributed by atoms with Crippen LogP contribution in [-0.4, -0.2) is 16.1 Å². The van der Waals surface area contributed by atoms with E-state index in [4.69, 9.17) is 16.7 Å². The van der Waals surface area contributed by atoms with Crippen molar-refractivity contribution in [3.63, 3.8) is 0 Å². The van der Waals surface area contributed by atoms with Gasteiger partial charge in [-0.05, 0) is 11.6 Å². The van der Waals surface area contributed by atoms with E-state index in [1.807, 2.05) is 24.3 Å². The average Bonchev–Trinajstić information content (AvgIpc) is 2.80. The molecule has 0 amide bonds. The van der Waals surface area contributed by atoms with Crippen molar-refractivity contribution in [2.24, 2.45) is 0 Å². The first-order chi connectivity index (χ1) is 8.66. The zero-order chi connectivity index (χ0) is 13.0. The molecule has 1 heterocycles. The van der Waals surface area contributed by atoms with Crippen LogP contribution in [0.15, 0.2) is 29.6 Å². The highest BCUT2D eigenvalue weighted by Crippen LogP contribution is 2.23. The summed E-state index contributed by atoms with van der Waals surface area (Å²) in [4.78, 5) is 14.7. The molecule has 2 aromatic rings. The largest absolute Gasteiger partial charge is 0.476 e. The van der Waals surface area contributed by atoms with Gasteiger partial charge in [0.2, 0.25) is 5.01 Å². The normalized spacial score (nSPS) is 10.5. The summed E-state index contributed by atoms with van der Waals surface area (Å²) in [5.74, 6) is 0.511. The summed E-state index contributed by atoms with van der Waals surface area (Å²) in [6.45, 7) is 0. The standard InChI is InChI=1S/C12H10ClNO2S2/c13-10-4-2-1-3-8(10)5-17-6-9-7-18-11(14-9)12(15)16/h1-4,7H,5-6H2,(H,15,16). The number of nitrogens with zero attached hydrogens (tertiary/aromatic N) is 1. The molecule has 0 fully saturated rings. The quantitative estimate of drug-likeness (QED) is 0.909. The molecule has 0 saturated carbocycles. The first-order valence-electron chi connectivity index (χ1n) is 5.15. The van der Waals surface area contributed by atoms with E-state index in [0.29, 0.717) is 5.75 Å². The number of benzene rings is 1. The predicted octanol–water partition coefficient (Wildman–Crippen LogP) is 3.93. The Morgan fingerprint density at radius 1 is 1.39 bits per heavy atom. The van der Waals surface area contributed by atoms with Gasteiger partial charge in [-0.3, -0.25) is 0 Å². The third-order valence-corrected chi connectivity index (χ3v) is 4.46. The van der Waals surface area contributed by atoms with Crippen molar-refractivity contribution in [2.45, 2.75) is 11.5 Å². The van der Waals surface area contributed by atoms with Gasteiger partial charge >= 0.3 is 5.97 Å². The molecule has 1 aromatic heterocycles. The summed E-state index contributed by atoms with van der Waals surface area (Å²) < 4.78 is 0. The van der Waals surface area contributed by atoms with Gasteiger partial charge in [0.15, 0.2) is 0 Å². The maximum absolute atomic E-state index is 10.7. The summed E-state index contributed by atoms with van der Waals surface area (Å²) in [7, 11) is 0. The van der Waals surface area contributed by atoms with Gasteiger partial charge < -0.3 is 5.11 Å². The average molecular weight is 300 g/mol. The van der Waals surface area contributed by atoms with Crippen LogP contribution < -0.4 is 0 Å². The number of halogens is 1. The Kier molecular flexibility index (Phi) is 4.63. The van der Waals surface area contributed by atoms with Crippen molar-refractivity contribution >= 4 is 40.7 Å². The molecule has 0 saturated heterocycles. The number of rotatable bonds is 5. The number of carboxylic acids is 1. The number of thiazole rings is 1. The molecular formula is C12H10ClNO2S2. The van der Waals surface area contributed by atoms with Crippen LogP contribution in [0, 0.1) is 0 Å². The van der Waals surface area contributed by atoms with Crippen LogP contribution in [0.5, 0.6) is 0 Å². The molecule has 2 rings (SSSR count). The highest BCUT2D eigenvalue weighted by molar-refractivity contribution is 7.97. The van der Waals surface area contributed by atoms with E-state index in [2.05, 4.69) is 4.98 Å². The van der Waals surface area contributed by atoms with Crippen molar-refractivity contribution < 1.29 is 9.90 Å². The Hall–Kier alpha value is -1.04. The predicted molar refractivity (Wildman–Crippen MR) is 75.5 cm³/mol. The fraction of sp³-hybridized carbons (Fsp3) is 0.167. The first kappa shape index (κ1) is 13.4. The zero-order valence-electron chi connectivity index (χ0n) is 9.30. The molecule has 0 aliphatic heterocycles. The van der Waals surface area contributed by atoms with Gasteiger partial charge in [0.1, 0.15) is 0 Å². The van der Waals surface area contributed by atoms with Crippen LogP contribution in [-0.2, 0) is 11.5 Å². The lowest BCUT2D eigenvalue weighted by Gasteiger charge is -2.02. The maximum atomic E-state index is 10.7. The maximum Gasteiger partial charge on any atom is 0.365 e. The molecule has 0 bridgehead atoms. The van der Waals surface area contributed by atoms with Gasteiger partial charge in [0.05, 0.1) is 5.69 Å². The summed E-state index contributed by atoms with van der Waals surface area (Å²) in [5.41, 5.74) is 1.88. The minimum absolute atomic E-state index is 0.142. The molecule has 0 aliphatic carbocycles. The molecule has 0 aliphatic rings. The number of thioether (sulfide) groups is 1. The molecule has 1 N–H and O–H groups in total. The number of aromatic carboxylic acids is 1. The fourth-order valence-corrected chi connectivity index (χ4v) is 3.32. The van der Waals surface area contributed by atoms with Crippen molar-refractivity contribution in [3.8, 4) is 0 Å². The Morgan fingerprint density at radius 2 is 2.17 bits per heavy atom. The van der Waals surface area contributed by atoms with Gasteiger partial charge in [-0.2, -0.15) is 11.8 Å². The van der Waals surface area contributed by atoms with Crippen LogP contribution in [0.1, 0.15) is 21.1 Å². The van der Waals surface area contributed by atoms with Gasteiger partial charge in [-0.25, -0.2) is 9.78 Å². The number of carboxylic acid groups (broad SMARTS) is 1. The van der Waals surface area contributed by atoms with E-state index in [9.17, 15) is 4.79 Å². The second-order valence-electron chi connectivity index (χ2n) is 3.53. The Labute approximate surface area is 118 Å². The van der Waals surface area contributed by atoms with Gasteiger partial charge in [-0.1, -0.05) is 29.8 Å². The highest BCUT2D eigenvalue weighted by atomic mass is 35.5. The SMILES string of the molecule is O=C(O)c1nc(CSCc2ccccc2Cl)cs1. The lowest BCUT2D eigenvalue weighted by molar-refractivity contribution is 0.0696. The molecule has 0 unspecified atom stereocenters. The van der Waals surface area contributed by atoms with Gasteiger partial charge in [-0.15, -0.1) is 11.3 Å². The van der Waals surface area contributed by atoms with Crippen LogP contribution in [0.4, 0.5) is 0 Å². The number of aromatic nitrogens is 1. The van der Waals surface area contributed by atoms with E-state index in [1.54, 1.807) is 17.1 Å². The molecule has 1 aromatic carbocycles. The smallest absolute Gasteiger partial charge is 0.365 e. The first-order valence-corrected chi connectivity index (χ1v) is 7.57. The van der Waals surface area contributed by atoms with Crippen LogP contribution in [0.2, 0.25) is 5.02 Å². The topological polar surface area (TPSA) is 50.2 Å². The summed E-state index contributed by atoms with van der Waals surface area (Å²) in [6, 6.07) is 7.70. The minimum atomic E-state index is -0.970. The van der Waals surface area contributed by atoms with Gasteiger partial charge in [0, 0.05) is 21.9 Å². The summed E-state index contributed by atoms with van der Waals surface area (Å²) >= 11 is 8.87. The van der Waals surface area contributed by atoms with E-state index in [1.165, 1.54) is 0 Å². The highest BCUT2D eigenvalue weighted by Gasteiger charge is 2.08. The van der Waals surface area contributed by atoms with Crippen LogP contribution in [0.3, 0.4) is 0 Å². The van der Waals surface area contributed by atoms with Crippen molar-refractivity contribution in [1.82, 2.24) is 4.98 Å². The second kappa shape index (κ2) is 6.22. The summed E-state index contributed by atoms with van der Waals surface area (Å²) in [6.07, 6.45) is 0. The van der Waals surface area contributed by atoms with Crippen LogP contribution >= 0.6 is 34.7 Å². The van der Waals surface area contributed by atoms with Crippen molar-refractivity contribution in [2.75, 3.05) is 0 Å². The number of hydrogen-bond acceptors (Lipinski definition) is 4. The van der Waals surface area contributed by atoms with E-state index >= 15 is 0 Å². The zero-order valence-corrected chi connectivity index (χ0v) is 11.7. The molecule has 0 spiro atoms. The third-order valence-electron chi connectivity index (χ3n) is 2.20. The monoisotopic (exact) mass is 299 g/mol. The molecule has 6 heteroatoms. The second-order valence-corrected chi connectivity index (χ2v) is 5.78. The lowest BCUT2D eigenvalue weighted by atomic mass is 10.2. The Bertz CT molecular complexity index is 557. The molecule has 3 nitrogen and oxygen atoms in total.